The first-order valence-electron chi connectivity index (χ1n) is 10.6. The Morgan fingerprint density at radius 3 is 1.56 bits per heavy atom. The van der Waals surface area contributed by atoms with E-state index in [1.54, 1.807) is 0 Å². The van der Waals surface area contributed by atoms with Gasteiger partial charge in [-0.05, 0) is 31.1 Å². The van der Waals surface area contributed by atoms with Gasteiger partial charge in [-0.25, -0.2) is 4.79 Å². The van der Waals surface area contributed by atoms with Crippen LogP contribution in [0.2, 0.25) is 0 Å². The lowest BCUT2D eigenvalue weighted by Gasteiger charge is -2.26. The number of hydrogen-bond donors (Lipinski definition) is 7. The fraction of sp³-hybridized carbons (Fsp3) is 0.750. The van der Waals surface area contributed by atoms with E-state index in [-0.39, 0.29) is 36.9 Å². The number of hydrogen-bond acceptors (Lipinski definition) is 7. The molecule has 0 fully saturated rings. The van der Waals surface area contributed by atoms with E-state index in [9.17, 15) is 29.1 Å². The van der Waals surface area contributed by atoms with Crippen molar-refractivity contribution in [2.75, 3.05) is 5.75 Å². The third-order valence-corrected chi connectivity index (χ3v) is 4.90. The van der Waals surface area contributed by atoms with E-state index in [1.165, 1.54) is 0 Å². The number of carboxylic acid groups (broad SMARTS) is 1. The van der Waals surface area contributed by atoms with Crippen LogP contribution in [0.5, 0.6) is 0 Å². The second kappa shape index (κ2) is 14.7. The summed E-state index contributed by atoms with van der Waals surface area (Å²) in [5, 5.41) is 16.9. The van der Waals surface area contributed by atoms with Crippen molar-refractivity contribution in [2.45, 2.75) is 77.5 Å². The third kappa shape index (κ3) is 11.9. The Kier molecular flexibility index (Phi) is 13.6. The fourth-order valence-electron chi connectivity index (χ4n) is 2.86. The molecule has 0 rings (SSSR count). The molecular weight excluding hydrogens is 438 g/mol. The van der Waals surface area contributed by atoms with Gasteiger partial charge in [-0.1, -0.05) is 27.7 Å². The molecule has 4 unspecified atom stereocenters. The van der Waals surface area contributed by atoms with E-state index in [2.05, 4.69) is 28.6 Å². The second-order valence-corrected chi connectivity index (χ2v) is 8.94. The van der Waals surface area contributed by atoms with Crippen molar-refractivity contribution in [3.05, 3.63) is 0 Å². The van der Waals surface area contributed by atoms with Gasteiger partial charge in [-0.2, -0.15) is 12.6 Å². The number of primary amides is 1. The predicted octanol–water partition coefficient (Wildman–Crippen LogP) is -0.860. The van der Waals surface area contributed by atoms with E-state index >= 15 is 0 Å². The summed E-state index contributed by atoms with van der Waals surface area (Å²) in [5.41, 5.74) is 10.7. The van der Waals surface area contributed by atoms with Gasteiger partial charge in [0.05, 0.1) is 6.04 Å². The van der Waals surface area contributed by atoms with Gasteiger partial charge in [0.2, 0.25) is 23.6 Å². The van der Waals surface area contributed by atoms with E-state index < -0.39 is 53.8 Å². The number of amides is 4. The highest BCUT2D eigenvalue weighted by Gasteiger charge is 2.31. The first-order chi connectivity index (χ1) is 14.8. The van der Waals surface area contributed by atoms with Crippen molar-refractivity contribution in [3.8, 4) is 0 Å². The lowest BCUT2D eigenvalue weighted by atomic mass is 9.99. The molecule has 0 spiro atoms. The molecule has 0 aromatic heterocycles. The lowest BCUT2D eigenvalue weighted by molar-refractivity contribution is -0.142. The van der Waals surface area contributed by atoms with E-state index in [4.69, 9.17) is 11.5 Å². The van der Waals surface area contributed by atoms with Crippen molar-refractivity contribution >= 4 is 42.2 Å². The quantitative estimate of drug-likeness (QED) is 0.150. The molecule has 32 heavy (non-hydrogen) atoms. The number of aliphatic carboxylic acids is 1. The van der Waals surface area contributed by atoms with Gasteiger partial charge in [0.1, 0.15) is 18.1 Å². The molecule has 0 aromatic rings. The predicted molar refractivity (Wildman–Crippen MR) is 123 cm³/mol. The van der Waals surface area contributed by atoms with Gasteiger partial charge >= 0.3 is 5.97 Å². The first kappa shape index (κ1) is 29.7. The van der Waals surface area contributed by atoms with Crippen LogP contribution in [0.1, 0.15) is 53.4 Å². The number of thiol groups is 1. The minimum atomic E-state index is -1.33. The van der Waals surface area contributed by atoms with Crippen molar-refractivity contribution in [2.24, 2.45) is 23.3 Å². The Morgan fingerprint density at radius 2 is 1.22 bits per heavy atom. The lowest BCUT2D eigenvalue weighted by Crippen LogP contribution is -2.57. The van der Waals surface area contributed by atoms with Crippen LogP contribution in [-0.4, -0.2) is 64.6 Å². The maximum Gasteiger partial charge on any atom is 0.326 e. The van der Waals surface area contributed by atoms with Gasteiger partial charge in [0, 0.05) is 12.2 Å². The molecule has 4 atom stereocenters. The van der Waals surface area contributed by atoms with Gasteiger partial charge in [-0.3, -0.25) is 19.2 Å². The largest absolute Gasteiger partial charge is 0.480 e. The fourth-order valence-corrected chi connectivity index (χ4v) is 3.02. The Bertz CT molecular complexity index is 673. The standard InChI is InChI=1S/C20H37N5O6S/c1-10(2)7-14(24-17(27)12(21)9-32)19(29)25-15(8-11(3)4)18(28)23-13(20(30)31)5-6-16(22)26/h10-15,32H,5-9,21H2,1-4H3,(H2,22,26)(H,23,28)(H,24,27)(H,25,29)(H,30,31). The summed E-state index contributed by atoms with van der Waals surface area (Å²) >= 11 is 3.98. The minimum Gasteiger partial charge on any atom is -0.480 e. The molecule has 4 amide bonds. The molecule has 0 aliphatic carbocycles. The first-order valence-corrected chi connectivity index (χ1v) is 11.2. The Hall–Kier alpha value is -2.34. The molecule has 0 aromatic carbocycles. The van der Waals surface area contributed by atoms with E-state index in [1.807, 2.05) is 27.7 Å². The average Bonchev–Trinajstić information content (AvgIpc) is 2.67. The maximum absolute atomic E-state index is 12.9. The van der Waals surface area contributed by atoms with Gasteiger partial charge in [0.25, 0.3) is 0 Å². The van der Waals surface area contributed by atoms with Crippen molar-refractivity contribution in [1.29, 1.82) is 0 Å². The van der Waals surface area contributed by atoms with E-state index in [0.717, 1.165) is 0 Å². The summed E-state index contributed by atoms with van der Waals surface area (Å²) in [6.45, 7) is 7.43. The highest BCUT2D eigenvalue weighted by atomic mass is 32.1. The molecule has 0 heterocycles. The molecule has 12 heteroatoms. The number of rotatable bonds is 15. The van der Waals surface area contributed by atoms with Crippen LogP contribution in [0.4, 0.5) is 0 Å². The third-order valence-electron chi connectivity index (χ3n) is 4.51. The molecule has 0 radical (unpaired) electrons. The van der Waals surface area contributed by atoms with Crippen LogP contribution in [0.3, 0.4) is 0 Å². The molecule has 0 saturated carbocycles. The SMILES string of the molecule is CC(C)CC(NC(=O)C(N)CS)C(=O)NC(CC(C)C)C(=O)NC(CCC(N)=O)C(=O)O. The van der Waals surface area contributed by atoms with Crippen molar-refractivity contribution < 1.29 is 29.1 Å². The zero-order valence-electron chi connectivity index (χ0n) is 19.1. The summed E-state index contributed by atoms with van der Waals surface area (Å²) in [6, 6.07) is -4.19. The van der Waals surface area contributed by atoms with Crippen LogP contribution in [-0.2, 0) is 24.0 Å². The molecule has 0 bridgehead atoms. The highest BCUT2D eigenvalue weighted by Crippen LogP contribution is 2.10. The number of carbonyl (C=O) groups is 5. The van der Waals surface area contributed by atoms with Crippen LogP contribution in [0.25, 0.3) is 0 Å². The Balaban J connectivity index is 5.46. The second-order valence-electron chi connectivity index (χ2n) is 8.57. The molecular formula is C20H37N5O6S. The monoisotopic (exact) mass is 475 g/mol. The normalized spacial score (nSPS) is 14.9. The zero-order valence-corrected chi connectivity index (χ0v) is 20.0. The molecule has 0 aliphatic rings. The summed E-state index contributed by atoms with van der Waals surface area (Å²) < 4.78 is 0. The number of carboxylic acids is 1. The average molecular weight is 476 g/mol. The zero-order chi connectivity index (χ0) is 25.0. The Morgan fingerprint density at radius 1 is 0.812 bits per heavy atom. The maximum atomic E-state index is 12.9. The summed E-state index contributed by atoms with van der Waals surface area (Å²) in [7, 11) is 0. The van der Waals surface area contributed by atoms with Crippen LogP contribution in [0.15, 0.2) is 0 Å². The number of nitrogens with two attached hydrogens (primary N) is 2. The van der Waals surface area contributed by atoms with Crippen LogP contribution < -0.4 is 27.4 Å². The van der Waals surface area contributed by atoms with Gasteiger partial charge in [-0.15, -0.1) is 0 Å². The molecule has 11 nitrogen and oxygen atoms in total. The van der Waals surface area contributed by atoms with Gasteiger partial charge < -0.3 is 32.5 Å². The Labute approximate surface area is 194 Å². The summed E-state index contributed by atoms with van der Waals surface area (Å²) in [4.78, 5) is 60.3. The van der Waals surface area contributed by atoms with Crippen LogP contribution in [0, 0.1) is 11.8 Å². The van der Waals surface area contributed by atoms with Gasteiger partial charge in [0.15, 0.2) is 0 Å². The summed E-state index contributed by atoms with van der Waals surface area (Å²) in [6.07, 6.45) is 0.153. The molecule has 184 valence electrons. The molecule has 0 saturated heterocycles. The smallest absolute Gasteiger partial charge is 0.326 e. The van der Waals surface area contributed by atoms with Crippen LogP contribution >= 0.6 is 12.6 Å². The highest BCUT2D eigenvalue weighted by molar-refractivity contribution is 7.80. The number of carbonyl (C=O) groups excluding carboxylic acids is 4. The topological polar surface area (TPSA) is 194 Å². The molecule has 8 N–H and O–H groups in total. The van der Waals surface area contributed by atoms with E-state index in [0.29, 0.717) is 6.42 Å². The van der Waals surface area contributed by atoms with Crippen molar-refractivity contribution in [1.82, 2.24) is 16.0 Å². The van der Waals surface area contributed by atoms with Crippen molar-refractivity contribution in [3.63, 3.8) is 0 Å². The summed E-state index contributed by atoms with van der Waals surface area (Å²) in [5.74, 6) is -3.68. The minimum absolute atomic E-state index is 0.00399. The molecule has 0 aliphatic heterocycles. The number of nitrogens with one attached hydrogen (secondary N) is 3.